The van der Waals surface area contributed by atoms with E-state index >= 15 is 0 Å². The van der Waals surface area contributed by atoms with Crippen LogP contribution in [0.15, 0.2) is 97.1 Å². The van der Waals surface area contributed by atoms with E-state index < -0.39 is 0 Å². The summed E-state index contributed by atoms with van der Waals surface area (Å²) in [5.74, 6) is 0. The van der Waals surface area contributed by atoms with Crippen LogP contribution in [0.1, 0.15) is 11.1 Å². The zero-order chi connectivity index (χ0) is 16.9. The number of para-hydroxylation sites is 1. The smallest absolute Gasteiger partial charge is 0.0384 e. The highest BCUT2D eigenvalue weighted by Gasteiger charge is 1.97. The van der Waals surface area contributed by atoms with Gasteiger partial charge in [0.05, 0.1) is 0 Å². The Morgan fingerprint density at radius 1 is 0.520 bits per heavy atom. The molecule has 0 saturated heterocycles. The zero-order valence-corrected chi connectivity index (χ0v) is 13.9. The molecule has 0 atom stereocenters. The van der Waals surface area contributed by atoms with Crippen molar-refractivity contribution in [2.75, 3.05) is 5.32 Å². The van der Waals surface area contributed by atoms with E-state index in [0.29, 0.717) is 0 Å². The van der Waals surface area contributed by atoms with Crippen molar-refractivity contribution in [1.29, 1.82) is 0 Å². The highest BCUT2D eigenvalue weighted by atomic mass is 14.9. The second-order valence-corrected chi connectivity index (χ2v) is 6.01. The van der Waals surface area contributed by atoms with Gasteiger partial charge < -0.3 is 5.32 Å². The minimum atomic E-state index is 1.09. The standard InChI is InChI=1S/C24H19N/c1-2-10-22(11-3-1)25-23-17-14-19(15-18-23)13-16-21-9-6-8-20-7-4-5-12-24(20)21/h1-18,25H/b16-13+. The summed E-state index contributed by atoms with van der Waals surface area (Å²) in [5.41, 5.74) is 4.62. The summed E-state index contributed by atoms with van der Waals surface area (Å²) in [6, 6.07) is 33.6. The van der Waals surface area contributed by atoms with Crippen molar-refractivity contribution in [3.63, 3.8) is 0 Å². The van der Waals surface area contributed by atoms with Crippen LogP contribution in [-0.2, 0) is 0 Å². The minimum Gasteiger partial charge on any atom is -0.356 e. The number of rotatable bonds is 4. The van der Waals surface area contributed by atoms with E-state index in [1.807, 2.05) is 18.2 Å². The Hall–Kier alpha value is -3.32. The number of hydrogen-bond acceptors (Lipinski definition) is 1. The van der Waals surface area contributed by atoms with Gasteiger partial charge in [0, 0.05) is 11.4 Å². The summed E-state index contributed by atoms with van der Waals surface area (Å²) in [4.78, 5) is 0. The van der Waals surface area contributed by atoms with Gasteiger partial charge in [0.25, 0.3) is 0 Å². The highest BCUT2D eigenvalue weighted by Crippen LogP contribution is 2.21. The highest BCUT2D eigenvalue weighted by molar-refractivity contribution is 5.92. The molecule has 0 unspecified atom stereocenters. The largest absolute Gasteiger partial charge is 0.356 e. The third-order valence-corrected chi connectivity index (χ3v) is 4.25. The molecule has 4 aromatic rings. The third-order valence-electron chi connectivity index (χ3n) is 4.25. The van der Waals surface area contributed by atoms with Crippen molar-refractivity contribution in [2.45, 2.75) is 0 Å². The van der Waals surface area contributed by atoms with Gasteiger partial charge in [-0.15, -0.1) is 0 Å². The van der Waals surface area contributed by atoms with Crippen LogP contribution in [-0.4, -0.2) is 0 Å². The van der Waals surface area contributed by atoms with Gasteiger partial charge in [-0.1, -0.05) is 84.9 Å². The molecule has 0 fully saturated rings. The van der Waals surface area contributed by atoms with Crippen molar-refractivity contribution in [3.8, 4) is 0 Å². The van der Waals surface area contributed by atoms with Crippen LogP contribution in [0, 0.1) is 0 Å². The van der Waals surface area contributed by atoms with Gasteiger partial charge in [0.15, 0.2) is 0 Å². The monoisotopic (exact) mass is 321 g/mol. The Bertz CT molecular complexity index is 994. The average molecular weight is 321 g/mol. The summed E-state index contributed by atoms with van der Waals surface area (Å²) in [6.45, 7) is 0. The van der Waals surface area contributed by atoms with Crippen molar-refractivity contribution < 1.29 is 0 Å². The first-order valence-electron chi connectivity index (χ1n) is 8.46. The average Bonchev–Trinajstić information content (AvgIpc) is 2.68. The Morgan fingerprint density at radius 2 is 1.20 bits per heavy atom. The molecule has 0 saturated carbocycles. The number of hydrogen-bond donors (Lipinski definition) is 1. The van der Waals surface area contributed by atoms with E-state index in [4.69, 9.17) is 0 Å². The summed E-state index contributed by atoms with van der Waals surface area (Å²) in [5, 5.41) is 5.96. The molecule has 0 spiro atoms. The van der Waals surface area contributed by atoms with E-state index in [2.05, 4.69) is 96.3 Å². The normalized spacial score (nSPS) is 11.0. The molecule has 0 aromatic heterocycles. The molecule has 120 valence electrons. The zero-order valence-electron chi connectivity index (χ0n) is 13.9. The predicted molar refractivity (Wildman–Crippen MR) is 109 cm³/mol. The van der Waals surface area contributed by atoms with E-state index in [0.717, 1.165) is 11.4 Å². The van der Waals surface area contributed by atoms with Crippen LogP contribution in [0.25, 0.3) is 22.9 Å². The number of benzene rings is 4. The Labute approximate surface area is 148 Å². The molecule has 0 aliphatic carbocycles. The SMILES string of the molecule is C(=C\c1cccc2ccccc12)/c1ccc(Nc2ccccc2)cc1. The van der Waals surface area contributed by atoms with Crippen molar-refractivity contribution in [1.82, 2.24) is 0 Å². The molecule has 0 heterocycles. The molecule has 4 aromatic carbocycles. The molecule has 0 aliphatic heterocycles. The van der Waals surface area contributed by atoms with E-state index in [9.17, 15) is 0 Å². The van der Waals surface area contributed by atoms with Gasteiger partial charge in [0.2, 0.25) is 0 Å². The lowest BCUT2D eigenvalue weighted by Gasteiger charge is -2.06. The molecule has 0 bridgehead atoms. The molecule has 1 heteroatoms. The van der Waals surface area contributed by atoms with E-state index in [1.165, 1.54) is 21.9 Å². The lowest BCUT2D eigenvalue weighted by atomic mass is 10.0. The van der Waals surface area contributed by atoms with Gasteiger partial charge >= 0.3 is 0 Å². The third kappa shape index (κ3) is 3.61. The summed E-state index contributed by atoms with van der Waals surface area (Å²) in [6.07, 6.45) is 4.34. The van der Waals surface area contributed by atoms with Crippen molar-refractivity contribution in [2.24, 2.45) is 0 Å². The van der Waals surface area contributed by atoms with Gasteiger partial charge in [-0.25, -0.2) is 0 Å². The molecule has 0 aliphatic rings. The second kappa shape index (κ2) is 7.06. The topological polar surface area (TPSA) is 12.0 Å². The summed E-state index contributed by atoms with van der Waals surface area (Å²) < 4.78 is 0. The summed E-state index contributed by atoms with van der Waals surface area (Å²) >= 11 is 0. The van der Waals surface area contributed by atoms with Crippen LogP contribution in [0.3, 0.4) is 0 Å². The predicted octanol–water partition coefficient (Wildman–Crippen LogP) is 6.75. The van der Waals surface area contributed by atoms with Gasteiger partial charge in [-0.3, -0.25) is 0 Å². The Kier molecular flexibility index (Phi) is 4.30. The Balaban J connectivity index is 1.53. The van der Waals surface area contributed by atoms with E-state index in [-0.39, 0.29) is 0 Å². The molecule has 1 nitrogen and oxygen atoms in total. The Morgan fingerprint density at radius 3 is 2.04 bits per heavy atom. The molecule has 1 N–H and O–H groups in total. The van der Waals surface area contributed by atoms with Gasteiger partial charge in [-0.05, 0) is 46.2 Å². The molecular formula is C24H19N. The lowest BCUT2D eigenvalue weighted by Crippen LogP contribution is -1.89. The fraction of sp³-hybridized carbons (Fsp3) is 0. The van der Waals surface area contributed by atoms with Crippen LogP contribution in [0.4, 0.5) is 11.4 Å². The van der Waals surface area contributed by atoms with Crippen LogP contribution >= 0.6 is 0 Å². The maximum absolute atomic E-state index is 3.40. The molecule has 0 radical (unpaired) electrons. The maximum Gasteiger partial charge on any atom is 0.0384 e. The van der Waals surface area contributed by atoms with E-state index in [1.54, 1.807) is 0 Å². The van der Waals surface area contributed by atoms with Gasteiger partial charge in [0.1, 0.15) is 0 Å². The van der Waals surface area contributed by atoms with Crippen LogP contribution in [0.2, 0.25) is 0 Å². The van der Waals surface area contributed by atoms with Crippen LogP contribution in [0.5, 0.6) is 0 Å². The fourth-order valence-corrected chi connectivity index (χ4v) is 2.95. The molecular weight excluding hydrogens is 302 g/mol. The maximum atomic E-state index is 3.40. The molecule has 4 rings (SSSR count). The summed E-state index contributed by atoms with van der Waals surface area (Å²) in [7, 11) is 0. The first kappa shape index (κ1) is 15.2. The van der Waals surface area contributed by atoms with Crippen molar-refractivity contribution in [3.05, 3.63) is 108 Å². The number of nitrogens with one attached hydrogen (secondary N) is 1. The number of fused-ring (bicyclic) bond motifs is 1. The lowest BCUT2D eigenvalue weighted by molar-refractivity contribution is 1.54. The first-order chi connectivity index (χ1) is 12.4. The second-order valence-electron chi connectivity index (χ2n) is 6.01. The quantitative estimate of drug-likeness (QED) is 0.410. The molecule has 0 amide bonds. The minimum absolute atomic E-state index is 1.09. The fourth-order valence-electron chi connectivity index (χ4n) is 2.95. The van der Waals surface area contributed by atoms with Crippen molar-refractivity contribution >= 4 is 34.3 Å². The van der Waals surface area contributed by atoms with Crippen LogP contribution < -0.4 is 5.32 Å². The number of anilines is 2. The van der Waals surface area contributed by atoms with Gasteiger partial charge in [-0.2, -0.15) is 0 Å². The first-order valence-corrected chi connectivity index (χ1v) is 8.46. The molecule has 25 heavy (non-hydrogen) atoms.